The number of hydrogen-bond acceptors (Lipinski definition) is 6. The van der Waals surface area contributed by atoms with E-state index in [9.17, 15) is 13.6 Å². The van der Waals surface area contributed by atoms with Crippen molar-refractivity contribution in [1.82, 2.24) is 10.1 Å². The van der Waals surface area contributed by atoms with Gasteiger partial charge in [0.15, 0.2) is 6.61 Å². The van der Waals surface area contributed by atoms with Crippen LogP contribution in [0.4, 0.5) is 14.5 Å². The van der Waals surface area contributed by atoms with Gasteiger partial charge >= 0.3 is 5.92 Å². The summed E-state index contributed by atoms with van der Waals surface area (Å²) < 4.78 is 36.5. The molecule has 0 aliphatic heterocycles. The topological polar surface area (TPSA) is 97.5 Å². The Balaban J connectivity index is 1.53. The molecule has 0 radical (unpaired) electrons. The molecular weight excluding hydrogens is 324 g/mol. The van der Waals surface area contributed by atoms with Crippen molar-refractivity contribution in [3.63, 3.8) is 0 Å². The molecule has 128 valence electrons. The quantitative estimate of drug-likeness (QED) is 0.802. The van der Waals surface area contributed by atoms with E-state index in [4.69, 9.17) is 14.4 Å². The van der Waals surface area contributed by atoms with Crippen LogP contribution in [0.3, 0.4) is 0 Å². The third kappa shape index (κ3) is 3.85. The Kier molecular flexibility index (Phi) is 4.43. The van der Waals surface area contributed by atoms with Crippen LogP contribution in [-0.4, -0.2) is 33.7 Å². The normalized spacial score (nSPS) is 14.5. The lowest BCUT2D eigenvalue weighted by molar-refractivity contribution is -0.144. The number of aliphatic hydroxyl groups is 1. The van der Waals surface area contributed by atoms with Gasteiger partial charge < -0.3 is 19.7 Å². The van der Waals surface area contributed by atoms with Gasteiger partial charge in [-0.2, -0.15) is 13.8 Å². The summed E-state index contributed by atoms with van der Waals surface area (Å²) in [5, 5.41) is 14.3. The zero-order valence-corrected chi connectivity index (χ0v) is 12.5. The highest BCUT2D eigenvalue weighted by atomic mass is 19.3. The molecule has 1 aliphatic rings. The molecule has 0 unspecified atom stereocenters. The molecule has 1 aliphatic carbocycles. The van der Waals surface area contributed by atoms with Crippen molar-refractivity contribution >= 4 is 11.6 Å². The predicted octanol–water partition coefficient (Wildman–Crippen LogP) is 2.09. The Bertz CT molecular complexity index is 714. The smallest absolute Gasteiger partial charge is 0.347 e. The van der Waals surface area contributed by atoms with E-state index in [1.807, 2.05) is 5.32 Å². The molecule has 1 saturated carbocycles. The average Bonchev–Trinajstić information content (AvgIpc) is 3.33. The summed E-state index contributed by atoms with van der Waals surface area (Å²) in [5.74, 6) is -3.52. The molecule has 0 saturated heterocycles. The lowest BCUT2D eigenvalue weighted by Crippen LogP contribution is -2.37. The first-order valence-electron chi connectivity index (χ1n) is 7.33. The van der Waals surface area contributed by atoms with E-state index in [0.717, 1.165) is 12.8 Å². The summed E-state index contributed by atoms with van der Waals surface area (Å²) in [7, 11) is 0. The number of halogens is 2. The lowest BCUT2D eigenvalue weighted by atomic mass is 10.2. The molecule has 0 spiro atoms. The van der Waals surface area contributed by atoms with Crippen LogP contribution in [0, 0.1) is 0 Å². The van der Waals surface area contributed by atoms with Gasteiger partial charge in [-0.3, -0.25) is 4.79 Å². The van der Waals surface area contributed by atoms with Crippen LogP contribution in [-0.2, 0) is 11.4 Å². The van der Waals surface area contributed by atoms with Gasteiger partial charge in [-0.05, 0) is 37.1 Å². The Labute approximate surface area is 135 Å². The maximum atomic E-state index is 13.0. The van der Waals surface area contributed by atoms with E-state index in [0.29, 0.717) is 23.4 Å². The minimum absolute atomic E-state index is 0.116. The largest absolute Gasteiger partial charge is 0.485 e. The second-order valence-electron chi connectivity index (χ2n) is 5.45. The van der Waals surface area contributed by atoms with Crippen molar-refractivity contribution in [1.29, 1.82) is 0 Å². The highest BCUT2D eigenvalue weighted by Crippen LogP contribution is 2.38. The van der Waals surface area contributed by atoms with Gasteiger partial charge in [-0.1, -0.05) is 5.16 Å². The molecule has 1 fully saturated rings. The van der Waals surface area contributed by atoms with Crippen LogP contribution >= 0.6 is 0 Å². The fourth-order valence-electron chi connectivity index (χ4n) is 1.90. The van der Waals surface area contributed by atoms with E-state index in [1.54, 1.807) is 0 Å². The molecule has 3 rings (SSSR count). The molecule has 1 amide bonds. The Hall–Kier alpha value is -2.55. The molecule has 1 aromatic carbocycles. The van der Waals surface area contributed by atoms with Gasteiger partial charge in [-0.25, -0.2) is 0 Å². The maximum absolute atomic E-state index is 13.0. The highest BCUT2D eigenvalue weighted by molar-refractivity contribution is 5.96. The van der Waals surface area contributed by atoms with Crippen LogP contribution < -0.4 is 10.1 Å². The number of benzene rings is 1. The lowest BCUT2D eigenvalue weighted by Gasteiger charge is -2.13. The van der Waals surface area contributed by atoms with Crippen LogP contribution in [0.5, 0.6) is 5.75 Å². The summed E-state index contributed by atoms with van der Waals surface area (Å²) in [6, 6.07) is 5.84. The summed E-state index contributed by atoms with van der Waals surface area (Å²) in [4.78, 5) is 15.5. The standard InChI is InChI=1S/C15H15F2N3O4/c16-15(17,8-21)14(22)18-10-3-5-11(6-4-10)23-7-12-19-13(24-20-12)9-1-2-9/h3-6,9,21H,1-2,7-8H2,(H,18,22). The molecule has 2 N–H and O–H groups in total. The van der Waals surface area contributed by atoms with E-state index < -0.39 is 18.4 Å². The van der Waals surface area contributed by atoms with Gasteiger partial charge in [0.2, 0.25) is 11.7 Å². The number of anilines is 1. The molecule has 1 aromatic heterocycles. The summed E-state index contributed by atoms with van der Waals surface area (Å²) in [5.41, 5.74) is 0.163. The molecule has 1 heterocycles. The summed E-state index contributed by atoms with van der Waals surface area (Å²) >= 11 is 0. The molecular formula is C15H15F2N3O4. The van der Waals surface area contributed by atoms with Gasteiger partial charge in [0.1, 0.15) is 12.4 Å². The minimum Gasteiger partial charge on any atom is -0.485 e. The number of aliphatic hydroxyl groups excluding tert-OH is 1. The number of ether oxygens (including phenoxy) is 1. The van der Waals surface area contributed by atoms with Crippen LogP contribution in [0.1, 0.15) is 30.5 Å². The van der Waals surface area contributed by atoms with Crippen LogP contribution in [0.15, 0.2) is 28.8 Å². The van der Waals surface area contributed by atoms with Gasteiger partial charge in [-0.15, -0.1) is 0 Å². The van der Waals surface area contributed by atoms with Crippen LogP contribution in [0.2, 0.25) is 0 Å². The first-order valence-corrected chi connectivity index (χ1v) is 7.33. The van der Waals surface area contributed by atoms with Gasteiger partial charge in [0.05, 0.1) is 0 Å². The van der Waals surface area contributed by atoms with E-state index in [2.05, 4.69) is 10.1 Å². The molecule has 2 aromatic rings. The fraction of sp³-hybridized carbons (Fsp3) is 0.400. The number of carbonyl (C=O) groups is 1. The first kappa shape index (κ1) is 16.3. The third-order valence-electron chi connectivity index (χ3n) is 3.42. The minimum atomic E-state index is -3.83. The molecule has 0 atom stereocenters. The monoisotopic (exact) mass is 339 g/mol. The number of hydrogen-bond donors (Lipinski definition) is 2. The number of nitrogens with zero attached hydrogens (tertiary/aromatic N) is 2. The van der Waals surface area contributed by atoms with Crippen molar-refractivity contribution in [2.24, 2.45) is 0 Å². The van der Waals surface area contributed by atoms with Crippen molar-refractivity contribution in [3.05, 3.63) is 36.0 Å². The fourth-order valence-corrected chi connectivity index (χ4v) is 1.90. The van der Waals surface area contributed by atoms with Crippen molar-refractivity contribution < 1.29 is 27.9 Å². The zero-order chi connectivity index (χ0) is 17.2. The van der Waals surface area contributed by atoms with Gasteiger partial charge in [0.25, 0.3) is 5.91 Å². The molecule has 9 heteroatoms. The van der Waals surface area contributed by atoms with Crippen LogP contribution in [0.25, 0.3) is 0 Å². The first-order chi connectivity index (χ1) is 11.5. The predicted molar refractivity (Wildman–Crippen MR) is 77.7 cm³/mol. The molecule has 7 nitrogen and oxygen atoms in total. The Morgan fingerprint density at radius 3 is 2.71 bits per heavy atom. The number of amides is 1. The number of nitrogens with one attached hydrogen (secondary N) is 1. The third-order valence-corrected chi connectivity index (χ3v) is 3.42. The Morgan fingerprint density at radius 1 is 1.38 bits per heavy atom. The van der Waals surface area contributed by atoms with Crippen molar-refractivity contribution in [2.45, 2.75) is 31.3 Å². The van der Waals surface area contributed by atoms with E-state index >= 15 is 0 Å². The maximum Gasteiger partial charge on any atom is 0.347 e. The number of aromatic nitrogens is 2. The summed E-state index contributed by atoms with van der Waals surface area (Å²) in [6.45, 7) is -1.43. The zero-order valence-electron chi connectivity index (χ0n) is 12.5. The van der Waals surface area contributed by atoms with Crippen molar-refractivity contribution in [3.8, 4) is 5.75 Å². The van der Waals surface area contributed by atoms with E-state index in [-0.39, 0.29) is 12.3 Å². The van der Waals surface area contributed by atoms with E-state index in [1.165, 1.54) is 24.3 Å². The SMILES string of the molecule is O=C(Nc1ccc(OCc2noc(C3CC3)n2)cc1)C(F)(F)CO. The molecule has 0 bridgehead atoms. The Morgan fingerprint density at radius 2 is 2.08 bits per heavy atom. The highest BCUT2D eigenvalue weighted by Gasteiger charge is 2.37. The molecule has 24 heavy (non-hydrogen) atoms. The second kappa shape index (κ2) is 6.52. The number of alkyl halides is 2. The van der Waals surface area contributed by atoms with Gasteiger partial charge in [0, 0.05) is 11.6 Å². The summed E-state index contributed by atoms with van der Waals surface area (Å²) in [6.07, 6.45) is 2.12. The van der Waals surface area contributed by atoms with Crippen molar-refractivity contribution in [2.75, 3.05) is 11.9 Å². The number of rotatable bonds is 7. The number of carbonyl (C=O) groups excluding carboxylic acids is 1. The average molecular weight is 339 g/mol. The second-order valence-corrected chi connectivity index (χ2v) is 5.45.